The lowest BCUT2D eigenvalue weighted by molar-refractivity contribution is 0.880. The Morgan fingerprint density at radius 2 is 1.95 bits per heavy atom. The maximum absolute atomic E-state index is 5.33. The van der Waals surface area contributed by atoms with E-state index in [0.29, 0.717) is 11.6 Å². The number of anilines is 1. The van der Waals surface area contributed by atoms with Gasteiger partial charge in [0.2, 0.25) is 0 Å². The fraction of sp³-hybridized carbons (Fsp3) is 0. The third-order valence-corrected chi connectivity index (χ3v) is 2.66. The Morgan fingerprint density at radius 3 is 2.74 bits per heavy atom. The number of nitrogens with two attached hydrogens (primary N) is 1. The molecule has 19 heavy (non-hydrogen) atoms. The van der Waals surface area contributed by atoms with Gasteiger partial charge < -0.3 is 5.43 Å². The minimum atomic E-state index is 0.567. The van der Waals surface area contributed by atoms with Crippen LogP contribution in [0.1, 0.15) is 0 Å². The summed E-state index contributed by atoms with van der Waals surface area (Å²) in [4.78, 5) is 8.47. The summed E-state index contributed by atoms with van der Waals surface area (Å²) >= 11 is 0. The fourth-order valence-corrected chi connectivity index (χ4v) is 1.74. The summed E-state index contributed by atoms with van der Waals surface area (Å²) in [6, 6.07) is 11.6. The quantitative estimate of drug-likeness (QED) is 0.546. The van der Waals surface area contributed by atoms with Crippen LogP contribution in [0.15, 0.2) is 55.0 Å². The van der Waals surface area contributed by atoms with E-state index in [1.165, 1.54) is 0 Å². The van der Waals surface area contributed by atoms with Crippen LogP contribution in [-0.2, 0) is 0 Å². The first kappa shape index (κ1) is 11.4. The summed E-state index contributed by atoms with van der Waals surface area (Å²) in [6.45, 7) is 0. The number of hydrazine groups is 1. The summed E-state index contributed by atoms with van der Waals surface area (Å²) in [5.41, 5.74) is 4.32. The molecule has 0 radical (unpaired) electrons. The molecule has 2 heterocycles. The van der Waals surface area contributed by atoms with E-state index < -0.39 is 0 Å². The summed E-state index contributed by atoms with van der Waals surface area (Å²) in [5, 5.41) is 4.30. The number of nitrogens with one attached hydrogen (secondary N) is 1. The lowest BCUT2D eigenvalue weighted by Crippen LogP contribution is -2.08. The predicted molar refractivity (Wildman–Crippen MR) is 72.4 cm³/mol. The van der Waals surface area contributed by atoms with Crippen molar-refractivity contribution in [2.24, 2.45) is 5.84 Å². The van der Waals surface area contributed by atoms with Crippen LogP contribution < -0.4 is 11.3 Å². The first-order valence-corrected chi connectivity index (χ1v) is 5.77. The Bertz CT molecular complexity index is 676. The predicted octanol–water partition coefficient (Wildman–Crippen LogP) is 1.61. The van der Waals surface area contributed by atoms with Gasteiger partial charge in [-0.3, -0.25) is 0 Å². The summed E-state index contributed by atoms with van der Waals surface area (Å²) in [6.07, 6.45) is 5.25. The van der Waals surface area contributed by atoms with Gasteiger partial charge in [-0.05, 0) is 12.1 Å². The topological polar surface area (TPSA) is 81.6 Å². The molecule has 0 saturated heterocycles. The molecule has 0 bridgehead atoms. The summed E-state index contributed by atoms with van der Waals surface area (Å²) in [7, 11) is 0. The number of rotatable bonds is 3. The molecule has 3 aromatic rings. The number of hydrogen-bond donors (Lipinski definition) is 2. The van der Waals surface area contributed by atoms with Gasteiger partial charge in [-0.15, -0.1) is 0 Å². The Hall–Kier alpha value is -2.73. The van der Waals surface area contributed by atoms with Crippen molar-refractivity contribution in [3.8, 4) is 17.1 Å². The second-order valence-corrected chi connectivity index (χ2v) is 3.92. The molecular formula is C13H12N6. The second kappa shape index (κ2) is 4.87. The number of hydrogen-bond acceptors (Lipinski definition) is 5. The van der Waals surface area contributed by atoms with E-state index in [2.05, 4.69) is 20.5 Å². The molecule has 0 aliphatic carbocycles. The minimum Gasteiger partial charge on any atom is -0.308 e. The van der Waals surface area contributed by atoms with Crippen LogP contribution in [0, 0.1) is 0 Å². The highest BCUT2D eigenvalue weighted by Crippen LogP contribution is 2.17. The maximum atomic E-state index is 5.33. The second-order valence-electron chi connectivity index (χ2n) is 3.92. The molecule has 2 aromatic heterocycles. The largest absolute Gasteiger partial charge is 0.308 e. The van der Waals surface area contributed by atoms with Crippen LogP contribution in [0.25, 0.3) is 17.1 Å². The molecule has 0 atom stereocenters. The molecular weight excluding hydrogens is 240 g/mol. The number of benzene rings is 1. The van der Waals surface area contributed by atoms with Crippen molar-refractivity contribution < 1.29 is 0 Å². The zero-order valence-corrected chi connectivity index (χ0v) is 10.1. The zero-order valence-electron chi connectivity index (χ0n) is 10.1. The Balaban J connectivity index is 1.97. The van der Waals surface area contributed by atoms with Gasteiger partial charge in [0.05, 0.1) is 17.4 Å². The number of aromatic nitrogens is 4. The summed E-state index contributed by atoms with van der Waals surface area (Å²) < 4.78 is 1.78. The molecule has 0 aliphatic rings. The first-order valence-electron chi connectivity index (χ1n) is 5.77. The fourth-order valence-electron chi connectivity index (χ4n) is 1.74. The van der Waals surface area contributed by atoms with Gasteiger partial charge >= 0.3 is 0 Å². The molecule has 6 heteroatoms. The van der Waals surface area contributed by atoms with Crippen LogP contribution in [0.5, 0.6) is 0 Å². The van der Waals surface area contributed by atoms with Crippen molar-refractivity contribution in [3.63, 3.8) is 0 Å². The van der Waals surface area contributed by atoms with Gasteiger partial charge in [0.1, 0.15) is 5.82 Å². The van der Waals surface area contributed by atoms with E-state index in [4.69, 9.17) is 5.84 Å². The van der Waals surface area contributed by atoms with Crippen LogP contribution in [0.3, 0.4) is 0 Å². The highest BCUT2D eigenvalue weighted by Gasteiger charge is 2.06. The standard InChI is InChI=1S/C13H12N6/c14-18-12-6-7-15-13(17-12)10-8-16-19(9-10)11-4-2-1-3-5-11/h1-9H,14H2,(H,15,17,18). The third kappa shape index (κ3) is 2.29. The van der Waals surface area contributed by atoms with Crippen LogP contribution >= 0.6 is 0 Å². The molecule has 0 spiro atoms. The van der Waals surface area contributed by atoms with Gasteiger partial charge in [-0.25, -0.2) is 20.5 Å². The smallest absolute Gasteiger partial charge is 0.164 e. The van der Waals surface area contributed by atoms with Crippen molar-refractivity contribution in [1.29, 1.82) is 0 Å². The Labute approximate surface area is 109 Å². The van der Waals surface area contributed by atoms with Gasteiger partial charge in [0, 0.05) is 18.5 Å². The monoisotopic (exact) mass is 252 g/mol. The maximum Gasteiger partial charge on any atom is 0.164 e. The van der Waals surface area contributed by atoms with Crippen LogP contribution in [0.2, 0.25) is 0 Å². The van der Waals surface area contributed by atoms with Gasteiger partial charge in [-0.1, -0.05) is 18.2 Å². The summed E-state index contributed by atoms with van der Waals surface area (Å²) in [5.74, 6) is 6.48. The average Bonchev–Trinajstić information content (AvgIpc) is 2.98. The van der Waals surface area contributed by atoms with E-state index in [1.807, 2.05) is 36.5 Å². The van der Waals surface area contributed by atoms with Crippen molar-refractivity contribution in [2.75, 3.05) is 5.43 Å². The van der Waals surface area contributed by atoms with Gasteiger partial charge in [-0.2, -0.15) is 5.10 Å². The number of para-hydroxylation sites is 1. The number of nitrogen functional groups attached to an aromatic ring is 1. The molecule has 0 aliphatic heterocycles. The SMILES string of the molecule is NNc1ccnc(-c2cnn(-c3ccccc3)c2)n1. The molecule has 1 aromatic carbocycles. The van der Waals surface area contributed by atoms with Crippen LogP contribution in [-0.4, -0.2) is 19.7 Å². The highest BCUT2D eigenvalue weighted by atomic mass is 15.3. The van der Waals surface area contributed by atoms with E-state index >= 15 is 0 Å². The normalized spacial score (nSPS) is 10.4. The van der Waals surface area contributed by atoms with Crippen molar-refractivity contribution in [3.05, 3.63) is 55.0 Å². The Morgan fingerprint density at radius 1 is 1.11 bits per heavy atom. The van der Waals surface area contributed by atoms with E-state index in [9.17, 15) is 0 Å². The Kier molecular flexibility index (Phi) is 2.91. The molecule has 6 nitrogen and oxygen atoms in total. The highest BCUT2D eigenvalue weighted by molar-refractivity contribution is 5.55. The molecule has 0 unspecified atom stereocenters. The average molecular weight is 252 g/mol. The zero-order chi connectivity index (χ0) is 13.1. The number of nitrogens with zero attached hydrogens (tertiary/aromatic N) is 4. The lowest BCUT2D eigenvalue weighted by atomic mass is 10.3. The molecule has 0 saturated carbocycles. The van der Waals surface area contributed by atoms with E-state index in [-0.39, 0.29) is 0 Å². The lowest BCUT2D eigenvalue weighted by Gasteiger charge is -2.00. The van der Waals surface area contributed by atoms with Gasteiger partial charge in [0.25, 0.3) is 0 Å². The van der Waals surface area contributed by atoms with Crippen molar-refractivity contribution in [1.82, 2.24) is 19.7 Å². The molecule has 0 amide bonds. The van der Waals surface area contributed by atoms with E-state index in [0.717, 1.165) is 11.3 Å². The first-order chi connectivity index (χ1) is 9.36. The van der Waals surface area contributed by atoms with Crippen LogP contribution in [0.4, 0.5) is 5.82 Å². The third-order valence-electron chi connectivity index (χ3n) is 2.66. The van der Waals surface area contributed by atoms with Gasteiger partial charge in [0.15, 0.2) is 5.82 Å². The van der Waals surface area contributed by atoms with E-state index in [1.54, 1.807) is 23.1 Å². The molecule has 3 rings (SSSR count). The van der Waals surface area contributed by atoms with Crippen molar-refractivity contribution >= 4 is 5.82 Å². The molecule has 0 fully saturated rings. The minimum absolute atomic E-state index is 0.567. The molecule has 3 N–H and O–H groups in total. The molecule has 94 valence electrons. The van der Waals surface area contributed by atoms with Crippen molar-refractivity contribution in [2.45, 2.75) is 0 Å².